The van der Waals surface area contributed by atoms with E-state index < -0.39 is 67.6 Å². The fraction of sp³-hybridized carbons (Fsp3) is 0.317. The zero-order chi connectivity index (χ0) is 77.2. The number of nitrogens with two attached hydrogens (primary N) is 3. The van der Waals surface area contributed by atoms with Crippen molar-refractivity contribution >= 4 is 93.5 Å². The first kappa shape index (κ1) is 80.7. The molecule has 0 atom stereocenters. The Morgan fingerprint density at radius 1 is 0.620 bits per heavy atom. The van der Waals surface area contributed by atoms with Crippen LogP contribution in [-0.4, -0.2) is 147 Å². The highest BCUT2D eigenvalue weighted by molar-refractivity contribution is 6.40. The molecule has 0 saturated heterocycles. The predicted molar refractivity (Wildman–Crippen MR) is 364 cm³/mol. The first-order valence-corrected chi connectivity index (χ1v) is 30.1. The number of amides is 3. The molecule has 0 fully saturated rings. The highest BCUT2D eigenvalue weighted by atomic mass is 35.5. The number of nitrogens with zero attached hydrogens (tertiary/aromatic N) is 12. The van der Waals surface area contributed by atoms with Gasteiger partial charge in [0.05, 0.1) is 39.9 Å². The summed E-state index contributed by atoms with van der Waals surface area (Å²) in [5.41, 5.74) is 18.1. The Hall–Kier alpha value is -11.7. The van der Waals surface area contributed by atoms with Gasteiger partial charge in [0.15, 0.2) is 0 Å². The second kappa shape index (κ2) is 46.5. The number of rotatable bonds is 16. The van der Waals surface area contributed by atoms with Crippen LogP contribution >= 0.6 is 23.2 Å². The van der Waals surface area contributed by atoms with Gasteiger partial charge in [-0.05, 0) is 117 Å². The minimum absolute atomic E-state index is 0. The molecule has 0 unspecified atom stereocenters. The van der Waals surface area contributed by atoms with E-state index in [0.29, 0.717) is 56.3 Å². The molecule has 0 spiro atoms. The van der Waals surface area contributed by atoms with Gasteiger partial charge in [0.25, 0.3) is 0 Å². The van der Waals surface area contributed by atoms with Crippen molar-refractivity contribution in [1.82, 2.24) is 29.9 Å². The molecule has 3 aromatic heterocycles. The van der Waals surface area contributed by atoms with E-state index in [-0.39, 0.29) is 106 Å². The summed E-state index contributed by atoms with van der Waals surface area (Å²) in [6, 6.07) is 21.3. The second-order valence-corrected chi connectivity index (χ2v) is 19.5. The molecule has 100 heavy (non-hydrogen) atoms. The molecule has 8 rings (SSSR count). The highest BCUT2D eigenvalue weighted by Crippen LogP contribution is 2.37. The molecule has 33 nitrogen and oxygen atoms in total. The van der Waals surface area contributed by atoms with Crippen LogP contribution in [0.15, 0.2) is 122 Å². The number of nitrogen functional groups attached to an aromatic ring is 3. The summed E-state index contributed by atoms with van der Waals surface area (Å²) in [4.78, 5) is 97.4. The van der Waals surface area contributed by atoms with Gasteiger partial charge in [0, 0.05) is 45.3 Å². The number of nitro groups is 3. The highest BCUT2D eigenvalue weighted by Gasteiger charge is 2.35. The van der Waals surface area contributed by atoms with Crippen LogP contribution in [0.1, 0.15) is 44.8 Å². The van der Waals surface area contributed by atoms with E-state index in [4.69, 9.17) is 107 Å². The number of halogens is 7. The van der Waals surface area contributed by atoms with E-state index in [1.165, 1.54) is 6.08 Å². The van der Waals surface area contributed by atoms with Crippen molar-refractivity contribution in [2.75, 3.05) is 116 Å². The Labute approximate surface area is 584 Å². The van der Waals surface area contributed by atoms with Crippen molar-refractivity contribution in [3.8, 4) is 35.3 Å². The first-order chi connectivity index (χ1) is 49.8. The number of benzene rings is 3. The molecule has 3 aromatic carbocycles. The van der Waals surface area contributed by atoms with E-state index in [1.54, 1.807) is 69.4 Å². The number of carbonyl (C=O) groups excluding carboxylic acids is 3. The lowest BCUT2D eigenvalue weighted by Crippen LogP contribution is -2.35. The largest absolute Gasteiger partial charge is 0.490 e. The predicted octanol–water partition coefficient (Wildman–Crippen LogP) is 12.3. The molecule has 2 aliphatic rings. The lowest BCUT2D eigenvalue weighted by Gasteiger charge is -2.21. The van der Waals surface area contributed by atoms with E-state index in [1.807, 2.05) is 54.6 Å². The molecule has 0 radical (unpaired) electrons. The number of fused-ring (bicyclic) bond motifs is 8. The topological polar surface area (TPSA) is 429 Å². The molecule has 40 heteroatoms. The van der Waals surface area contributed by atoms with Gasteiger partial charge in [0.1, 0.15) is 56.9 Å². The van der Waals surface area contributed by atoms with Gasteiger partial charge in [-0.2, -0.15) is 29.9 Å². The van der Waals surface area contributed by atoms with Crippen LogP contribution in [0.4, 0.5) is 89.4 Å². The first-order valence-electron chi connectivity index (χ1n) is 31.1. The Kier molecular flexibility index (Phi) is 37.5. The quantitative estimate of drug-likeness (QED) is 0.0202. The van der Waals surface area contributed by atoms with Gasteiger partial charge in [-0.3, -0.25) is 49.7 Å². The molecule has 5 heterocycles. The SMILES string of the molecule is C=CCOc1cccc(CCN(C(=O)OCC)c2nc(OCC=C)nc(N)c2[N+](=O)[O-])c1.CCOC(=O)N1CCc2cccc(c2)OC/C=C/COc2nc(N)c([N+](=O)[O-])c1n2.CCOC(=O)N1CCc2cccc(c2)OC/C=C\COc2nc(N)c([N+](=O)[O-])c1n2.ClCCl.F.FF.FF.[2HH].[2H][2H].[2H][2H]. The summed E-state index contributed by atoms with van der Waals surface area (Å²) in [7, 11) is 0. The summed E-state index contributed by atoms with van der Waals surface area (Å²) >= 11 is 9.53. The maximum Gasteiger partial charge on any atom is 0.415 e. The number of anilines is 6. The maximum absolute atomic E-state index is 12.7. The van der Waals surface area contributed by atoms with Crippen molar-refractivity contribution in [3.05, 3.63) is 169 Å². The number of carbonyl (C=O) groups is 3. The molecule has 0 aliphatic carbocycles. The van der Waals surface area contributed by atoms with E-state index in [0.717, 1.165) is 31.4 Å². The number of alkyl halides is 2. The number of hydrogen-bond acceptors (Lipinski definition) is 27. The van der Waals surface area contributed by atoms with E-state index >= 15 is 0 Å². The molecule has 2 aliphatic heterocycles. The average Bonchev–Trinajstić information content (AvgIpc) is 0.844. The van der Waals surface area contributed by atoms with Crippen LogP contribution in [0.3, 0.4) is 0 Å². The zero-order valence-electron chi connectivity index (χ0n) is 57.7. The Balaban J connectivity index is 0. The van der Waals surface area contributed by atoms with Crippen molar-refractivity contribution < 1.29 is 102 Å². The van der Waals surface area contributed by atoms with Crippen LogP contribution in [0.2, 0.25) is 0 Å². The van der Waals surface area contributed by atoms with Crippen molar-refractivity contribution in [2.24, 2.45) is 0 Å². The van der Waals surface area contributed by atoms with Crippen LogP contribution in [0.25, 0.3) is 0 Å². The monoisotopic (exact) mass is 1460 g/mol. The van der Waals surface area contributed by atoms with Gasteiger partial charge >= 0.3 is 53.4 Å². The van der Waals surface area contributed by atoms with Gasteiger partial charge < -0.3 is 59.8 Å². The summed E-state index contributed by atoms with van der Waals surface area (Å²) < 4.78 is 100. The minimum Gasteiger partial charge on any atom is -0.490 e. The van der Waals surface area contributed by atoms with Crippen LogP contribution < -0.4 is 60.3 Å². The number of ether oxygens (including phenoxy) is 9. The minimum atomic E-state index is -0.817. The third kappa shape index (κ3) is 27.1. The van der Waals surface area contributed by atoms with Crippen molar-refractivity contribution in [3.63, 3.8) is 0 Å². The van der Waals surface area contributed by atoms with Crippen LogP contribution in [-0.2, 0) is 33.5 Å². The van der Waals surface area contributed by atoms with Gasteiger partial charge in [-0.25, -0.2) is 14.4 Å². The van der Waals surface area contributed by atoms with Gasteiger partial charge in [-0.15, -0.1) is 23.2 Å². The summed E-state index contributed by atoms with van der Waals surface area (Å²) in [5, 5.41) is 35.1. The lowest BCUT2D eigenvalue weighted by atomic mass is 10.1. The van der Waals surface area contributed by atoms with Crippen molar-refractivity contribution in [2.45, 2.75) is 40.0 Å². The van der Waals surface area contributed by atoms with Crippen LogP contribution in [0.5, 0.6) is 35.3 Å². The molecule has 548 valence electrons. The number of aromatic nitrogens is 6. The third-order valence-corrected chi connectivity index (χ3v) is 12.3. The van der Waals surface area contributed by atoms with Crippen LogP contribution in [0, 0.1) is 30.3 Å². The Morgan fingerprint density at radius 3 is 1.47 bits per heavy atom. The zero-order valence-corrected chi connectivity index (χ0v) is 55.3. The van der Waals surface area contributed by atoms with E-state index in [9.17, 15) is 44.7 Å². The molecule has 3 amide bonds. The fourth-order valence-corrected chi connectivity index (χ4v) is 8.25. The maximum atomic E-state index is 12.7. The summed E-state index contributed by atoms with van der Waals surface area (Å²) in [6.07, 6.45) is 8.62. The lowest BCUT2D eigenvalue weighted by molar-refractivity contribution is -0.383. The fourth-order valence-electron chi connectivity index (χ4n) is 8.25. The van der Waals surface area contributed by atoms with Crippen molar-refractivity contribution in [1.29, 1.82) is 0 Å². The molecule has 6 N–H and O–H groups in total. The molecular formula is C60H76Cl2F5N15O18. The third-order valence-electron chi connectivity index (χ3n) is 12.3. The molecular weight excluding hydrogens is 1380 g/mol. The van der Waals surface area contributed by atoms with E-state index in [2.05, 4.69) is 43.1 Å². The normalized spacial score (nSPS) is 12.7. The Bertz CT molecular complexity index is 3590. The van der Waals surface area contributed by atoms with Gasteiger partial charge in [0.2, 0.25) is 34.9 Å². The van der Waals surface area contributed by atoms with Gasteiger partial charge in [-0.1, -0.05) is 61.7 Å². The average molecular weight is 1470 g/mol. The molecule has 0 saturated carbocycles. The summed E-state index contributed by atoms with van der Waals surface area (Å²) in [6.45, 7) is 13.6. The second-order valence-electron chi connectivity index (χ2n) is 18.7. The standard InChI is InChI=1S/C21H25N5O6.2C19H21N5O6.CH2Cl2.2F2.FH.3H2/c1-4-12-31-16-9-7-8-15(14-16)10-11-25(21(27)30-6-3)19-17(26(28)29)18(22)23-20(24-19)32-13-5-2;2*1-2-28-19(25)23-9-8-13-6-5-7-14(12-13)29-10-3-4-11-30-18-21-16(20)15(24(26)27)17(23)22-18;2-1-3;2*1-2;;;;/h4-5,7-9,14H,1-2,6,10-13H2,3H3,(H2,22,23,24);2*3-7,12H,2,8-11H2,1H3,(H2,20,21,22);1H2;;;4*1H/b;4-3+;4-3-;;;;;;;/i;;;;;;;2*1+1D;1+1. The smallest absolute Gasteiger partial charge is 0.415 e. The number of hydrogen-bond donors (Lipinski definition) is 3. The molecule has 8 bridgehead atoms. The molecule has 6 aromatic rings. The Morgan fingerprint density at radius 2 is 1.04 bits per heavy atom. The summed E-state index contributed by atoms with van der Waals surface area (Å²) in [5.74, 6) is -0.201.